The molecule has 104 valence electrons. The number of hydrogen-bond donors (Lipinski definition) is 0. The maximum atomic E-state index is 12.0. The molecule has 7 heteroatoms. The normalized spacial score (nSPS) is 10.5. The van der Waals surface area contributed by atoms with Crippen LogP contribution >= 0.6 is 23.1 Å². The summed E-state index contributed by atoms with van der Waals surface area (Å²) < 4.78 is 0.750. The minimum Gasteiger partial charge on any atom is -0.293 e. The lowest BCUT2D eigenvalue weighted by Crippen LogP contribution is -2.01. The number of rotatable bonds is 5. The minimum atomic E-state index is 0.0804. The molecule has 0 N–H and O–H groups in total. The zero-order valence-electron chi connectivity index (χ0n) is 10.8. The summed E-state index contributed by atoms with van der Waals surface area (Å²) in [5, 5.41) is 8.85. The van der Waals surface area contributed by atoms with Crippen molar-refractivity contribution in [3.8, 4) is 10.7 Å². The summed E-state index contributed by atoms with van der Waals surface area (Å²) in [4.78, 5) is 20.2. The van der Waals surface area contributed by atoms with Crippen molar-refractivity contribution >= 4 is 28.9 Å². The highest BCUT2D eigenvalue weighted by Gasteiger charge is 2.11. The number of hydrogen-bond acceptors (Lipinski definition) is 7. The maximum Gasteiger partial charge on any atom is 0.175 e. The molecule has 0 spiro atoms. The molecular weight excluding hydrogens is 304 g/mol. The van der Waals surface area contributed by atoms with E-state index in [4.69, 9.17) is 0 Å². The summed E-state index contributed by atoms with van der Waals surface area (Å²) in [5.41, 5.74) is 1.40. The Hall–Kier alpha value is -2.12. The van der Waals surface area contributed by atoms with Gasteiger partial charge in [0, 0.05) is 18.0 Å². The number of thioether (sulfide) groups is 1. The van der Waals surface area contributed by atoms with Crippen LogP contribution in [0.5, 0.6) is 0 Å². The molecule has 0 bridgehead atoms. The summed E-state index contributed by atoms with van der Waals surface area (Å²) in [6.45, 7) is 0. The highest BCUT2D eigenvalue weighted by atomic mass is 32.2. The summed E-state index contributed by atoms with van der Waals surface area (Å²) in [6.07, 6.45) is 4.87. The first-order chi connectivity index (χ1) is 10.3. The van der Waals surface area contributed by atoms with Crippen LogP contribution in [-0.4, -0.2) is 31.7 Å². The summed E-state index contributed by atoms with van der Waals surface area (Å²) in [6, 6.07) is 9.23. The van der Waals surface area contributed by atoms with Crippen molar-refractivity contribution in [2.75, 3.05) is 5.75 Å². The molecule has 0 saturated heterocycles. The number of aromatic nitrogens is 4. The van der Waals surface area contributed by atoms with Crippen LogP contribution in [0.15, 0.2) is 53.3 Å². The monoisotopic (exact) mass is 314 g/mol. The molecule has 2 aromatic heterocycles. The average Bonchev–Trinajstić information content (AvgIpc) is 3.03. The molecule has 21 heavy (non-hydrogen) atoms. The first-order valence-electron chi connectivity index (χ1n) is 6.14. The van der Waals surface area contributed by atoms with Crippen molar-refractivity contribution < 1.29 is 4.79 Å². The number of Topliss-reactive ketones (excluding diaryl/α,β-unsaturated/α-hetero) is 1. The number of carbonyl (C=O) groups excluding carboxylic acids is 1. The molecule has 1 aromatic carbocycles. The van der Waals surface area contributed by atoms with Gasteiger partial charge in [-0.3, -0.25) is 14.8 Å². The minimum absolute atomic E-state index is 0.0804. The van der Waals surface area contributed by atoms with Gasteiger partial charge in [0.15, 0.2) is 15.1 Å². The third kappa shape index (κ3) is 3.50. The van der Waals surface area contributed by atoms with E-state index >= 15 is 0 Å². The fraction of sp³-hybridized carbons (Fsp3) is 0.0714. The Labute approximate surface area is 129 Å². The molecule has 0 atom stereocenters. The molecule has 0 amide bonds. The van der Waals surface area contributed by atoms with Crippen LogP contribution in [0.4, 0.5) is 0 Å². The molecule has 5 nitrogen and oxygen atoms in total. The highest BCUT2D eigenvalue weighted by molar-refractivity contribution is 8.01. The van der Waals surface area contributed by atoms with Gasteiger partial charge in [0.2, 0.25) is 0 Å². The van der Waals surface area contributed by atoms with Gasteiger partial charge in [-0.05, 0) is 0 Å². The van der Waals surface area contributed by atoms with Crippen LogP contribution in [0.3, 0.4) is 0 Å². The van der Waals surface area contributed by atoms with Gasteiger partial charge in [-0.15, -0.1) is 10.2 Å². The number of ketones is 1. The first kappa shape index (κ1) is 13.8. The molecule has 0 fully saturated rings. The first-order valence-corrected chi connectivity index (χ1v) is 7.94. The van der Waals surface area contributed by atoms with E-state index < -0.39 is 0 Å². The fourth-order valence-corrected chi connectivity index (χ4v) is 3.32. The van der Waals surface area contributed by atoms with Crippen LogP contribution in [0.2, 0.25) is 0 Å². The third-order valence-electron chi connectivity index (χ3n) is 2.61. The molecule has 3 aromatic rings. The fourth-order valence-electron chi connectivity index (χ4n) is 1.62. The Morgan fingerprint density at radius 2 is 2.00 bits per heavy atom. The van der Waals surface area contributed by atoms with E-state index in [-0.39, 0.29) is 5.78 Å². The Balaban J connectivity index is 1.64. The second kappa shape index (κ2) is 6.55. The molecule has 0 saturated carbocycles. The van der Waals surface area contributed by atoms with Gasteiger partial charge >= 0.3 is 0 Å². The lowest BCUT2D eigenvalue weighted by Gasteiger charge is -1.97. The summed E-state index contributed by atoms with van der Waals surface area (Å²) >= 11 is 2.80. The molecule has 0 aliphatic carbocycles. The van der Waals surface area contributed by atoms with Gasteiger partial charge in [0.25, 0.3) is 0 Å². The maximum absolute atomic E-state index is 12.0. The summed E-state index contributed by atoms with van der Waals surface area (Å²) in [7, 11) is 0. The van der Waals surface area contributed by atoms with Crippen molar-refractivity contribution in [1.29, 1.82) is 0 Å². The third-order valence-corrected chi connectivity index (χ3v) is 4.69. The Morgan fingerprint density at radius 1 is 1.14 bits per heavy atom. The van der Waals surface area contributed by atoms with Gasteiger partial charge in [-0.1, -0.05) is 53.4 Å². The molecule has 3 rings (SSSR count). The SMILES string of the molecule is O=C(CSc1nnc(-c2cnccn2)s1)c1ccccc1. The predicted octanol–water partition coefficient (Wildman–Crippen LogP) is 2.97. The molecule has 0 unspecified atom stereocenters. The Kier molecular flexibility index (Phi) is 4.32. The lowest BCUT2D eigenvalue weighted by molar-refractivity contribution is 0.102. The highest BCUT2D eigenvalue weighted by Crippen LogP contribution is 2.28. The molecule has 0 aliphatic rings. The average molecular weight is 314 g/mol. The van der Waals surface area contributed by atoms with E-state index in [1.807, 2.05) is 30.3 Å². The predicted molar refractivity (Wildman–Crippen MR) is 82.4 cm³/mol. The van der Waals surface area contributed by atoms with Crippen LogP contribution in [0.1, 0.15) is 10.4 Å². The van der Waals surface area contributed by atoms with E-state index in [1.165, 1.54) is 23.1 Å². The molecule has 0 radical (unpaired) electrons. The quantitative estimate of drug-likeness (QED) is 0.533. The van der Waals surface area contributed by atoms with Gasteiger partial charge in [0.05, 0.1) is 11.9 Å². The van der Waals surface area contributed by atoms with Crippen molar-refractivity contribution in [3.63, 3.8) is 0 Å². The van der Waals surface area contributed by atoms with Crippen molar-refractivity contribution in [3.05, 3.63) is 54.5 Å². The standard InChI is InChI=1S/C14H10N4OS2/c19-12(10-4-2-1-3-5-10)9-20-14-18-17-13(21-14)11-8-15-6-7-16-11/h1-8H,9H2. The summed E-state index contributed by atoms with van der Waals surface area (Å²) in [5.74, 6) is 0.427. The lowest BCUT2D eigenvalue weighted by atomic mass is 10.2. The molecular formula is C14H10N4OS2. The number of nitrogens with zero attached hydrogens (tertiary/aromatic N) is 4. The topological polar surface area (TPSA) is 68.6 Å². The van der Waals surface area contributed by atoms with E-state index in [0.29, 0.717) is 22.0 Å². The second-order valence-electron chi connectivity index (χ2n) is 4.04. The van der Waals surface area contributed by atoms with Crippen LogP contribution < -0.4 is 0 Å². The van der Waals surface area contributed by atoms with Gasteiger partial charge in [-0.25, -0.2) is 0 Å². The Morgan fingerprint density at radius 3 is 2.76 bits per heavy atom. The van der Waals surface area contributed by atoms with Crippen LogP contribution in [-0.2, 0) is 0 Å². The van der Waals surface area contributed by atoms with Gasteiger partial charge in [0.1, 0.15) is 5.69 Å². The van der Waals surface area contributed by atoms with Gasteiger partial charge < -0.3 is 0 Å². The van der Waals surface area contributed by atoms with Crippen molar-refractivity contribution in [2.45, 2.75) is 4.34 Å². The van der Waals surface area contributed by atoms with Crippen LogP contribution in [0, 0.1) is 0 Å². The number of carbonyl (C=O) groups is 1. The van der Waals surface area contributed by atoms with Gasteiger partial charge in [-0.2, -0.15) is 0 Å². The smallest absolute Gasteiger partial charge is 0.175 e. The van der Waals surface area contributed by atoms with E-state index in [2.05, 4.69) is 20.2 Å². The second-order valence-corrected chi connectivity index (χ2v) is 6.24. The van der Waals surface area contributed by atoms with E-state index in [1.54, 1.807) is 18.6 Å². The number of benzene rings is 1. The zero-order chi connectivity index (χ0) is 14.5. The largest absolute Gasteiger partial charge is 0.293 e. The Bertz CT molecular complexity index is 731. The van der Waals surface area contributed by atoms with E-state index in [0.717, 1.165) is 4.34 Å². The van der Waals surface area contributed by atoms with E-state index in [9.17, 15) is 4.79 Å². The molecule has 0 aliphatic heterocycles. The van der Waals surface area contributed by atoms with Crippen LogP contribution in [0.25, 0.3) is 10.7 Å². The molecule has 2 heterocycles. The van der Waals surface area contributed by atoms with Crippen molar-refractivity contribution in [1.82, 2.24) is 20.2 Å². The van der Waals surface area contributed by atoms with Crippen molar-refractivity contribution in [2.24, 2.45) is 0 Å². The zero-order valence-corrected chi connectivity index (χ0v) is 12.5.